The first-order valence-corrected chi connectivity index (χ1v) is 9.43. The molecule has 0 aliphatic heterocycles. The van der Waals surface area contributed by atoms with E-state index in [2.05, 4.69) is 15.3 Å². The minimum atomic E-state index is -0.461. The van der Waals surface area contributed by atoms with Crippen LogP contribution < -0.4 is 15.8 Å². The summed E-state index contributed by atoms with van der Waals surface area (Å²) in [7, 11) is 0. The van der Waals surface area contributed by atoms with Crippen LogP contribution in [-0.2, 0) is 17.8 Å². The zero-order chi connectivity index (χ0) is 18.5. The Labute approximate surface area is 157 Å². The highest BCUT2D eigenvalue weighted by Gasteiger charge is 2.10. The molecule has 134 valence electrons. The van der Waals surface area contributed by atoms with Gasteiger partial charge in [0, 0.05) is 22.0 Å². The Bertz CT molecular complexity index is 918. The van der Waals surface area contributed by atoms with E-state index >= 15 is 0 Å². The maximum Gasteiger partial charge on any atom is 0.257 e. The molecule has 1 aromatic carbocycles. The molecule has 0 spiro atoms. The summed E-state index contributed by atoms with van der Waals surface area (Å²) in [5.74, 6) is -0.0869. The van der Waals surface area contributed by atoms with Gasteiger partial charge in [-0.05, 0) is 31.2 Å². The third-order valence-corrected chi connectivity index (χ3v) is 5.02. The zero-order valence-corrected chi connectivity index (χ0v) is 15.5. The van der Waals surface area contributed by atoms with Gasteiger partial charge in [0.15, 0.2) is 5.13 Å². The van der Waals surface area contributed by atoms with E-state index in [-0.39, 0.29) is 12.3 Å². The van der Waals surface area contributed by atoms with Crippen molar-refractivity contribution in [3.63, 3.8) is 0 Å². The van der Waals surface area contributed by atoms with Crippen molar-refractivity contribution >= 4 is 39.6 Å². The van der Waals surface area contributed by atoms with Crippen LogP contribution in [0.15, 0.2) is 35.0 Å². The van der Waals surface area contributed by atoms with Gasteiger partial charge in [0.2, 0.25) is 5.91 Å². The summed E-state index contributed by atoms with van der Waals surface area (Å²) < 4.78 is 5.66. The van der Waals surface area contributed by atoms with Crippen LogP contribution in [0.2, 0.25) is 0 Å². The minimum absolute atomic E-state index is 0.0526. The molecule has 2 amide bonds. The molecule has 7 nitrogen and oxygen atoms in total. The van der Waals surface area contributed by atoms with Crippen LogP contribution in [0, 0.1) is 6.92 Å². The van der Waals surface area contributed by atoms with Crippen molar-refractivity contribution in [2.75, 3.05) is 5.32 Å². The van der Waals surface area contributed by atoms with Crippen molar-refractivity contribution in [3.05, 3.63) is 57.0 Å². The van der Waals surface area contributed by atoms with E-state index in [4.69, 9.17) is 10.5 Å². The average Bonchev–Trinajstić information content (AvgIpc) is 3.21. The van der Waals surface area contributed by atoms with Gasteiger partial charge in [-0.15, -0.1) is 22.7 Å². The third kappa shape index (κ3) is 4.87. The second kappa shape index (κ2) is 8.07. The molecule has 9 heteroatoms. The maximum absolute atomic E-state index is 12.3. The van der Waals surface area contributed by atoms with Crippen LogP contribution in [0.3, 0.4) is 0 Å². The zero-order valence-electron chi connectivity index (χ0n) is 13.9. The number of amides is 2. The minimum Gasteiger partial charge on any atom is -0.486 e. The number of hydrogen-bond donors (Lipinski definition) is 2. The predicted octanol–water partition coefficient (Wildman–Crippen LogP) is 2.77. The lowest BCUT2D eigenvalue weighted by Crippen LogP contribution is -2.14. The molecule has 0 atom stereocenters. The fraction of sp³-hybridized carbons (Fsp3) is 0.176. The largest absolute Gasteiger partial charge is 0.486 e. The quantitative estimate of drug-likeness (QED) is 0.647. The van der Waals surface area contributed by atoms with Gasteiger partial charge in [0.25, 0.3) is 5.91 Å². The molecule has 2 heterocycles. The molecule has 0 aliphatic carbocycles. The molecule has 0 fully saturated rings. The Balaban J connectivity index is 1.56. The summed E-state index contributed by atoms with van der Waals surface area (Å²) >= 11 is 2.79. The van der Waals surface area contributed by atoms with Crippen molar-refractivity contribution in [3.8, 4) is 5.75 Å². The number of aryl methyl sites for hydroxylation is 1. The number of ether oxygens (including phenoxy) is 1. The maximum atomic E-state index is 12.3. The van der Waals surface area contributed by atoms with E-state index < -0.39 is 5.91 Å². The average molecular weight is 388 g/mol. The van der Waals surface area contributed by atoms with Crippen LogP contribution in [0.5, 0.6) is 5.75 Å². The number of rotatable bonds is 7. The Morgan fingerprint density at radius 1 is 1.15 bits per heavy atom. The first-order valence-electron chi connectivity index (χ1n) is 7.67. The van der Waals surface area contributed by atoms with E-state index in [0.717, 1.165) is 10.7 Å². The standard InChI is InChI=1S/C17H16N4O3S2/c1-10-8-25-15(19-10)7-24-13-4-2-11(3-5-13)16(23)21-17-20-12(9-26-17)6-14(18)22/h2-5,8-9H,6-7H2,1H3,(H2,18,22)(H,20,21,23). The molecule has 0 saturated carbocycles. The smallest absolute Gasteiger partial charge is 0.257 e. The molecule has 3 aromatic rings. The molecule has 3 rings (SSSR count). The van der Waals surface area contributed by atoms with E-state index in [9.17, 15) is 9.59 Å². The summed E-state index contributed by atoms with van der Waals surface area (Å²) in [5.41, 5.74) is 7.12. The topological polar surface area (TPSA) is 107 Å². The second-order valence-corrected chi connectivity index (χ2v) is 7.24. The van der Waals surface area contributed by atoms with Gasteiger partial charge >= 0.3 is 0 Å². The van der Waals surface area contributed by atoms with E-state index in [1.54, 1.807) is 41.0 Å². The lowest BCUT2D eigenvalue weighted by Gasteiger charge is -2.06. The summed E-state index contributed by atoms with van der Waals surface area (Å²) in [6.07, 6.45) is 0.0526. The number of nitrogens with zero attached hydrogens (tertiary/aromatic N) is 2. The highest BCUT2D eigenvalue weighted by Crippen LogP contribution is 2.19. The number of carbonyl (C=O) groups is 2. The van der Waals surface area contributed by atoms with Gasteiger partial charge < -0.3 is 10.5 Å². The van der Waals surface area contributed by atoms with Gasteiger partial charge in [-0.1, -0.05) is 0 Å². The third-order valence-electron chi connectivity index (χ3n) is 3.27. The Kier molecular flexibility index (Phi) is 5.59. The van der Waals surface area contributed by atoms with E-state index in [0.29, 0.717) is 28.7 Å². The number of benzene rings is 1. The molecule has 0 aliphatic rings. The van der Waals surface area contributed by atoms with Crippen molar-refractivity contribution in [2.24, 2.45) is 5.73 Å². The second-order valence-electron chi connectivity index (χ2n) is 5.44. The molecular formula is C17H16N4O3S2. The monoisotopic (exact) mass is 388 g/mol. The highest BCUT2D eigenvalue weighted by molar-refractivity contribution is 7.14. The predicted molar refractivity (Wildman–Crippen MR) is 101 cm³/mol. The van der Waals surface area contributed by atoms with Crippen molar-refractivity contribution < 1.29 is 14.3 Å². The van der Waals surface area contributed by atoms with E-state index in [1.165, 1.54) is 11.3 Å². The lowest BCUT2D eigenvalue weighted by molar-refractivity contribution is -0.117. The fourth-order valence-electron chi connectivity index (χ4n) is 2.11. The van der Waals surface area contributed by atoms with Gasteiger partial charge in [-0.25, -0.2) is 9.97 Å². The number of thiazole rings is 2. The number of carbonyl (C=O) groups excluding carboxylic acids is 2. The van der Waals surface area contributed by atoms with Gasteiger partial charge in [0.1, 0.15) is 17.4 Å². The van der Waals surface area contributed by atoms with Gasteiger partial charge in [0.05, 0.1) is 12.1 Å². The number of anilines is 1. The molecule has 26 heavy (non-hydrogen) atoms. The Morgan fingerprint density at radius 3 is 2.58 bits per heavy atom. The van der Waals surface area contributed by atoms with Crippen LogP contribution >= 0.6 is 22.7 Å². The first-order chi connectivity index (χ1) is 12.5. The summed E-state index contributed by atoms with van der Waals surface area (Å²) in [4.78, 5) is 31.6. The molecule has 0 unspecified atom stereocenters. The first kappa shape index (κ1) is 18.0. The van der Waals surface area contributed by atoms with Crippen molar-refractivity contribution in [1.29, 1.82) is 0 Å². The summed E-state index contributed by atoms with van der Waals surface area (Å²) in [6.45, 7) is 2.33. The number of nitrogens with two attached hydrogens (primary N) is 1. The normalized spacial score (nSPS) is 10.5. The highest BCUT2D eigenvalue weighted by atomic mass is 32.1. The van der Waals surface area contributed by atoms with Crippen molar-refractivity contribution in [1.82, 2.24) is 9.97 Å². The molecule has 0 radical (unpaired) electrons. The molecule has 2 aromatic heterocycles. The number of primary amides is 1. The lowest BCUT2D eigenvalue weighted by atomic mass is 10.2. The SMILES string of the molecule is Cc1csc(COc2ccc(C(=O)Nc3nc(CC(N)=O)cs3)cc2)n1. The molecule has 0 saturated heterocycles. The molecular weight excluding hydrogens is 372 g/mol. The summed E-state index contributed by atoms with van der Waals surface area (Å²) in [6, 6.07) is 6.82. The van der Waals surface area contributed by atoms with E-state index in [1.807, 2.05) is 12.3 Å². The van der Waals surface area contributed by atoms with Crippen molar-refractivity contribution in [2.45, 2.75) is 20.0 Å². The fourth-order valence-corrected chi connectivity index (χ4v) is 3.50. The molecule has 0 bridgehead atoms. The van der Waals surface area contributed by atoms with Crippen LogP contribution in [-0.4, -0.2) is 21.8 Å². The molecule has 3 N–H and O–H groups in total. The van der Waals surface area contributed by atoms with Gasteiger partial charge in [-0.3, -0.25) is 14.9 Å². The number of hydrogen-bond acceptors (Lipinski definition) is 7. The number of nitrogens with one attached hydrogen (secondary N) is 1. The van der Waals surface area contributed by atoms with Crippen LogP contribution in [0.25, 0.3) is 0 Å². The summed E-state index contributed by atoms with van der Waals surface area (Å²) in [5, 5.41) is 7.69. The number of aromatic nitrogens is 2. The Hall–Kier alpha value is -2.78. The Morgan fingerprint density at radius 2 is 1.92 bits per heavy atom. The van der Waals surface area contributed by atoms with Gasteiger partial charge in [-0.2, -0.15) is 0 Å². The van der Waals surface area contributed by atoms with Crippen LogP contribution in [0.4, 0.5) is 5.13 Å². The van der Waals surface area contributed by atoms with Crippen LogP contribution in [0.1, 0.15) is 26.8 Å².